The zero-order valence-corrected chi connectivity index (χ0v) is 14.5. The maximum Gasteiger partial charge on any atom is 0.244 e. The molecule has 3 rings (SSSR count). The Morgan fingerprint density at radius 1 is 1.08 bits per heavy atom. The van der Waals surface area contributed by atoms with Gasteiger partial charge in [-0.1, -0.05) is 54.1 Å². The van der Waals surface area contributed by atoms with Crippen LogP contribution in [0.5, 0.6) is 0 Å². The van der Waals surface area contributed by atoms with Crippen molar-refractivity contribution in [2.75, 3.05) is 0 Å². The Kier molecular flexibility index (Phi) is 5.47. The highest BCUT2D eigenvalue weighted by atomic mass is 35.5. The normalized spacial score (nSPS) is 10.9. The SMILES string of the molecule is O=C(/C=C/c1ccccc1Cl)NCc1ccccc1-c1ccsc1. The molecule has 0 aliphatic rings. The van der Waals surface area contributed by atoms with Crippen molar-refractivity contribution in [1.82, 2.24) is 5.32 Å². The van der Waals surface area contributed by atoms with Gasteiger partial charge in [-0.3, -0.25) is 4.79 Å². The highest BCUT2D eigenvalue weighted by molar-refractivity contribution is 7.08. The van der Waals surface area contributed by atoms with Crippen LogP contribution in [0.15, 0.2) is 71.4 Å². The topological polar surface area (TPSA) is 29.1 Å². The third-order valence-corrected chi connectivity index (χ3v) is 4.65. The molecule has 0 atom stereocenters. The van der Waals surface area contributed by atoms with Crippen molar-refractivity contribution >= 4 is 34.9 Å². The lowest BCUT2D eigenvalue weighted by atomic mass is 10.0. The summed E-state index contributed by atoms with van der Waals surface area (Å²) in [5, 5.41) is 7.72. The predicted octanol–water partition coefficient (Wildman–Crippen LogP) is 5.40. The summed E-state index contributed by atoms with van der Waals surface area (Å²) in [6, 6.07) is 17.6. The molecule has 3 aromatic rings. The second-order valence-corrected chi connectivity index (χ2v) is 6.43. The van der Waals surface area contributed by atoms with Crippen LogP contribution in [0.1, 0.15) is 11.1 Å². The van der Waals surface area contributed by atoms with Gasteiger partial charge in [0.25, 0.3) is 0 Å². The first-order valence-corrected chi connectivity index (χ1v) is 8.87. The van der Waals surface area contributed by atoms with E-state index in [0.717, 1.165) is 16.7 Å². The molecule has 0 aliphatic heterocycles. The van der Waals surface area contributed by atoms with Crippen LogP contribution in [0, 0.1) is 0 Å². The van der Waals surface area contributed by atoms with Gasteiger partial charge in [-0.15, -0.1) is 0 Å². The molecule has 4 heteroatoms. The summed E-state index contributed by atoms with van der Waals surface area (Å²) in [4.78, 5) is 12.1. The van der Waals surface area contributed by atoms with Gasteiger partial charge in [0.2, 0.25) is 5.91 Å². The van der Waals surface area contributed by atoms with Gasteiger partial charge in [0.05, 0.1) is 0 Å². The maximum atomic E-state index is 12.1. The number of halogens is 1. The van der Waals surface area contributed by atoms with E-state index in [1.165, 1.54) is 11.6 Å². The third-order valence-electron chi connectivity index (χ3n) is 3.62. The fourth-order valence-corrected chi connectivity index (χ4v) is 3.25. The number of nitrogens with one attached hydrogen (secondary N) is 1. The van der Waals surface area contributed by atoms with Gasteiger partial charge in [0.15, 0.2) is 0 Å². The number of thiophene rings is 1. The molecule has 24 heavy (non-hydrogen) atoms. The summed E-state index contributed by atoms with van der Waals surface area (Å²) in [5.41, 5.74) is 4.24. The minimum atomic E-state index is -0.143. The number of carbonyl (C=O) groups is 1. The first-order chi connectivity index (χ1) is 11.7. The van der Waals surface area contributed by atoms with E-state index in [4.69, 9.17) is 11.6 Å². The van der Waals surface area contributed by atoms with Gasteiger partial charge in [-0.2, -0.15) is 11.3 Å². The number of benzene rings is 2. The first-order valence-electron chi connectivity index (χ1n) is 7.55. The van der Waals surface area contributed by atoms with Crippen LogP contribution in [0.25, 0.3) is 17.2 Å². The average Bonchev–Trinajstić information content (AvgIpc) is 3.14. The summed E-state index contributed by atoms with van der Waals surface area (Å²) in [5.74, 6) is -0.143. The molecule has 1 heterocycles. The standard InChI is InChI=1S/C20H16ClNOS/c21-19-8-4-2-5-15(19)9-10-20(23)22-13-16-6-1-3-7-18(16)17-11-12-24-14-17/h1-12,14H,13H2,(H,22,23)/b10-9+. The largest absolute Gasteiger partial charge is 0.348 e. The van der Waals surface area contributed by atoms with Crippen molar-refractivity contribution in [2.24, 2.45) is 0 Å². The van der Waals surface area contributed by atoms with Gasteiger partial charge in [0, 0.05) is 17.6 Å². The van der Waals surface area contributed by atoms with Crippen molar-refractivity contribution in [3.05, 3.63) is 87.6 Å². The van der Waals surface area contributed by atoms with Gasteiger partial charge in [-0.25, -0.2) is 0 Å². The number of rotatable bonds is 5. The van der Waals surface area contributed by atoms with E-state index in [1.54, 1.807) is 23.5 Å². The Labute approximate surface area is 150 Å². The number of amides is 1. The minimum Gasteiger partial charge on any atom is -0.348 e. The molecule has 0 saturated heterocycles. The van der Waals surface area contributed by atoms with Crippen LogP contribution in [0.2, 0.25) is 5.02 Å². The molecular formula is C20H16ClNOS. The quantitative estimate of drug-likeness (QED) is 0.611. The lowest BCUT2D eigenvalue weighted by molar-refractivity contribution is -0.116. The van der Waals surface area contributed by atoms with Crippen LogP contribution >= 0.6 is 22.9 Å². The van der Waals surface area contributed by atoms with Crippen molar-refractivity contribution in [3.8, 4) is 11.1 Å². The minimum absolute atomic E-state index is 0.143. The molecule has 0 aliphatic carbocycles. The molecule has 0 spiro atoms. The molecule has 2 aromatic carbocycles. The summed E-state index contributed by atoms with van der Waals surface area (Å²) >= 11 is 7.74. The number of hydrogen-bond acceptors (Lipinski definition) is 2. The molecule has 0 fully saturated rings. The Bertz CT molecular complexity index is 856. The third kappa shape index (κ3) is 4.13. The van der Waals surface area contributed by atoms with E-state index in [9.17, 15) is 4.79 Å². The van der Waals surface area contributed by atoms with Crippen molar-refractivity contribution in [3.63, 3.8) is 0 Å². The average molecular weight is 354 g/mol. The van der Waals surface area contributed by atoms with Crippen LogP contribution < -0.4 is 5.32 Å². The smallest absolute Gasteiger partial charge is 0.244 e. The molecule has 1 N–H and O–H groups in total. The zero-order chi connectivity index (χ0) is 16.8. The van der Waals surface area contributed by atoms with Gasteiger partial charge in [0.1, 0.15) is 0 Å². The van der Waals surface area contributed by atoms with Crippen LogP contribution in [0.4, 0.5) is 0 Å². The molecule has 0 unspecified atom stereocenters. The van der Waals surface area contributed by atoms with Gasteiger partial charge >= 0.3 is 0 Å². The van der Waals surface area contributed by atoms with E-state index < -0.39 is 0 Å². The van der Waals surface area contributed by atoms with E-state index >= 15 is 0 Å². The second-order valence-electron chi connectivity index (χ2n) is 5.24. The zero-order valence-electron chi connectivity index (χ0n) is 12.9. The first kappa shape index (κ1) is 16.5. The van der Waals surface area contributed by atoms with Crippen LogP contribution in [-0.2, 0) is 11.3 Å². The molecule has 1 amide bonds. The Balaban J connectivity index is 1.66. The van der Waals surface area contributed by atoms with E-state index in [0.29, 0.717) is 11.6 Å². The predicted molar refractivity (Wildman–Crippen MR) is 102 cm³/mol. The van der Waals surface area contributed by atoms with Crippen molar-refractivity contribution in [1.29, 1.82) is 0 Å². The van der Waals surface area contributed by atoms with E-state index in [1.807, 2.05) is 36.4 Å². The van der Waals surface area contributed by atoms with Crippen LogP contribution in [-0.4, -0.2) is 5.91 Å². The fourth-order valence-electron chi connectivity index (χ4n) is 2.39. The summed E-state index contributed by atoms with van der Waals surface area (Å²) in [6.07, 6.45) is 3.23. The highest BCUT2D eigenvalue weighted by Crippen LogP contribution is 2.25. The van der Waals surface area contributed by atoms with E-state index in [-0.39, 0.29) is 5.91 Å². The summed E-state index contributed by atoms with van der Waals surface area (Å²) < 4.78 is 0. The number of hydrogen-bond donors (Lipinski definition) is 1. The molecule has 0 bridgehead atoms. The Morgan fingerprint density at radius 3 is 2.67 bits per heavy atom. The summed E-state index contributed by atoms with van der Waals surface area (Å²) in [6.45, 7) is 0.484. The summed E-state index contributed by atoms with van der Waals surface area (Å²) in [7, 11) is 0. The molecular weight excluding hydrogens is 338 g/mol. The van der Waals surface area contributed by atoms with Gasteiger partial charge < -0.3 is 5.32 Å². The second kappa shape index (κ2) is 7.95. The molecule has 0 saturated carbocycles. The van der Waals surface area contributed by atoms with Crippen molar-refractivity contribution < 1.29 is 4.79 Å². The van der Waals surface area contributed by atoms with E-state index in [2.05, 4.69) is 28.2 Å². The molecule has 2 nitrogen and oxygen atoms in total. The molecule has 0 radical (unpaired) electrons. The maximum absolute atomic E-state index is 12.1. The lowest BCUT2D eigenvalue weighted by Crippen LogP contribution is -2.20. The van der Waals surface area contributed by atoms with Crippen molar-refractivity contribution in [2.45, 2.75) is 6.54 Å². The van der Waals surface area contributed by atoms with Crippen LogP contribution in [0.3, 0.4) is 0 Å². The Morgan fingerprint density at radius 2 is 1.88 bits per heavy atom. The monoisotopic (exact) mass is 353 g/mol. The number of carbonyl (C=O) groups excluding carboxylic acids is 1. The lowest BCUT2D eigenvalue weighted by Gasteiger charge is -2.08. The Hall–Kier alpha value is -2.36. The molecule has 1 aromatic heterocycles. The molecule has 120 valence electrons. The highest BCUT2D eigenvalue weighted by Gasteiger charge is 2.06. The fraction of sp³-hybridized carbons (Fsp3) is 0.0500. The van der Waals surface area contributed by atoms with Gasteiger partial charge in [-0.05, 0) is 51.2 Å².